The van der Waals surface area contributed by atoms with Crippen LogP contribution < -0.4 is 10.6 Å². The molecule has 0 spiro atoms. The molecule has 0 saturated heterocycles. The van der Waals surface area contributed by atoms with Crippen LogP contribution in [0.5, 0.6) is 0 Å². The number of anilines is 1. The van der Waals surface area contributed by atoms with Gasteiger partial charge in [-0.25, -0.2) is 9.97 Å². The fourth-order valence-corrected chi connectivity index (χ4v) is 3.51. The summed E-state index contributed by atoms with van der Waals surface area (Å²) < 4.78 is 7.50. The molecule has 7 nitrogen and oxygen atoms in total. The highest BCUT2D eigenvalue weighted by Crippen LogP contribution is 2.32. The zero-order valence-electron chi connectivity index (χ0n) is 15.6. The number of nitrogens with one attached hydrogen (secondary N) is 2. The first-order valence-electron chi connectivity index (χ1n) is 9.52. The maximum atomic E-state index is 13.2. The minimum Gasteiger partial charge on any atom is -0.465 e. The van der Waals surface area contributed by atoms with Gasteiger partial charge in [-0.1, -0.05) is 6.07 Å². The molecule has 4 heterocycles. The molecule has 4 aromatic rings. The van der Waals surface area contributed by atoms with E-state index in [1.54, 1.807) is 6.33 Å². The van der Waals surface area contributed by atoms with Gasteiger partial charge < -0.3 is 19.5 Å². The highest BCUT2D eigenvalue weighted by Gasteiger charge is 2.25. The Kier molecular flexibility index (Phi) is 4.00. The number of amides is 1. The summed E-state index contributed by atoms with van der Waals surface area (Å²) in [4.78, 5) is 22.1. The highest BCUT2D eigenvalue weighted by atomic mass is 16.3. The van der Waals surface area contributed by atoms with Crippen molar-refractivity contribution in [1.82, 2.24) is 19.7 Å². The summed E-state index contributed by atoms with van der Waals surface area (Å²) >= 11 is 0. The molecule has 1 fully saturated rings. The Bertz CT molecular complexity index is 1170. The number of aryl methyl sites for hydroxylation is 1. The SMILES string of the molecule is Cc1ccc(CNC(=O)c2c3c(NCC4CC4)ncnc3n3ccccc23)o1. The topological polar surface area (TPSA) is 84.5 Å². The molecule has 4 aromatic heterocycles. The summed E-state index contributed by atoms with van der Waals surface area (Å²) in [6.07, 6.45) is 5.95. The second kappa shape index (κ2) is 6.67. The van der Waals surface area contributed by atoms with E-state index >= 15 is 0 Å². The van der Waals surface area contributed by atoms with Gasteiger partial charge in [-0.2, -0.15) is 0 Å². The zero-order chi connectivity index (χ0) is 19.1. The Morgan fingerprint density at radius 2 is 2.14 bits per heavy atom. The third-order valence-electron chi connectivity index (χ3n) is 5.12. The lowest BCUT2D eigenvalue weighted by molar-refractivity contribution is 0.0951. The van der Waals surface area contributed by atoms with Gasteiger partial charge in [-0.3, -0.25) is 4.79 Å². The van der Waals surface area contributed by atoms with E-state index in [0.717, 1.165) is 34.6 Å². The van der Waals surface area contributed by atoms with Crippen LogP contribution >= 0.6 is 0 Å². The van der Waals surface area contributed by atoms with Crippen molar-refractivity contribution in [1.29, 1.82) is 0 Å². The molecule has 142 valence electrons. The van der Waals surface area contributed by atoms with Crippen LogP contribution in [0, 0.1) is 12.8 Å². The maximum Gasteiger partial charge on any atom is 0.254 e. The molecule has 1 aliphatic rings. The van der Waals surface area contributed by atoms with Crippen LogP contribution in [0.4, 0.5) is 5.82 Å². The maximum absolute atomic E-state index is 13.2. The predicted octanol–water partition coefficient (Wildman–Crippen LogP) is 3.54. The van der Waals surface area contributed by atoms with Gasteiger partial charge in [0.15, 0.2) is 5.65 Å². The zero-order valence-corrected chi connectivity index (χ0v) is 15.6. The average Bonchev–Trinajstić information content (AvgIpc) is 3.35. The quantitative estimate of drug-likeness (QED) is 0.538. The van der Waals surface area contributed by atoms with E-state index in [-0.39, 0.29) is 5.91 Å². The van der Waals surface area contributed by atoms with Crippen molar-refractivity contribution in [3.63, 3.8) is 0 Å². The molecule has 0 unspecified atom stereocenters. The third-order valence-corrected chi connectivity index (χ3v) is 5.12. The summed E-state index contributed by atoms with van der Waals surface area (Å²) in [5, 5.41) is 7.15. The van der Waals surface area contributed by atoms with Crippen molar-refractivity contribution in [2.24, 2.45) is 5.92 Å². The van der Waals surface area contributed by atoms with Gasteiger partial charge in [-0.15, -0.1) is 0 Å². The van der Waals surface area contributed by atoms with Gasteiger partial charge in [0, 0.05) is 12.7 Å². The first-order chi connectivity index (χ1) is 13.7. The smallest absolute Gasteiger partial charge is 0.254 e. The van der Waals surface area contributed by atoms with E-state index < -0.39 is 0 Å². The van der Waals surface area contributed by atoms with Crippen LogP contribution in [0.25, 0.3) is 16.6 Å². The lowest BCUT2D eigenvalue weighted by Crippen LogP contribution is -2.23. The van der Waals surface area contributed by atoms with Crippen LogP contribution in [0.3, 0.4) is 0 Å². The molecule has 0 aromatic carbocycles. The Hall–Kier alpha value is -3.35. The lowest BCUT2D eigenvalue weighted by Gasteiger charge is -2.08. The van der Waals surface area contributed by atoms with Gasteiger partial charge in [0.25, 0.3) is 5.91 Å². The van der Waals surface area contributed by atoms with Crippen LogP contribution in [0.1, 0.15) is 34.7 Å². The Balaban J connectivity index is 1.56. The van der Waals surface area contributed by atoms with E-state index in [9.17, 15) is 4.79 Å². The number of carbonyl (C=O) groups excluding carboxylic acids is 1. The van der Waals surface area contributed by atoms with Crippen LogP contribution in [0.2, 0.25) is 0 Å². The average molecular weight is 375 g/mol. The molecule has 1 amide bonds. The lowest BCUT2D eigenvalue weighted by atomic mass is 10.1. The number of hydrogen-bond donors (Lipinski definition) is 2. The van der Waals surface area contributed by atoms with Gasteiger partial charge in [0.05, 0.1) is 23.0 Å². The molecule has 0 aliphatic heterocycles. The van der Waals surface area contributed by atoms with E-state index in [1.165, 1.54) is 12.8 Å². The fraction of sp³-hybridized carbons (Fsp3) is 0.286. The van der Waals surface area contributed by atoms with Gasteiger partial charge in [-0.05, 0) is 49.9 Å². The molecule has 2 N–H and O–H groups in total. The molecular weight excluding hydrogens is 354 g/mol. The number of pyridine rings is 1. The monoisotopic (exact) mass is 375 g/mol. The van der Waals surface area contributed by atoms with Crippen molar-refractivity contribution in [2.75, 3.05) is 11.9 Å². The summed E-state index contributed by atoms with van der Waals surface area (Å²) in [5.41, 5.74) is 2.11. The number of nitrogens with zero attached hydrogens (tertiary/aromatic N) is 3. The predicted molar refractivity (Wildman–Crippen MR) is 106 cm³/mol. The van der Waals surface area contributed by atoms with Gasteiger partial charge in [0.2, 0.25) is 0 Å². The minimum absolute atomic E-state index is 0.169. The third kappa shape index (κ3) is 2.98. The van der Waals surface area contributed by atoms with Crippen molar-refractivity contribution in [3.05, 3.63) is 59.9 Å². The second-order valence-corrected chi connectivity index (χ2v) is 7.27. The summed E-state index contributed by atoms with van der Waals surface area (Å²) in [6, 6.07) is 9.54. The number of rotatable bonds is 6. The Labute approximate surface area is 161 Å². The highest BCUT2D eigenvalue weighted by molar-refractivity contribution is 6.16. The minimum atomic E-state index is -0.169. The summed E-state index contributed by atoms with van der Waals surface area (Å²) in [6.45, 7) is 3.08. The van der Waals surface area contributed by atoms with Crippen molar-refractivity contribution in [3.8, 4) is 0 Å². The molecule has 0 bridgehead atoms. The van der Waals surface area contributed by atoms with E-state index in [0.29, 0.717) is 23.8 Å². The number of fused-ring (bicyclic) bond motifs is 3. The number of furan rings is 1. The molecule has 28 heavy (non-hydrogen) atoms. The van der Waals surface area contributed by atoms with Crippen LogP contribution in [-0.4, -0.2) is 26.8 Å². The number of aromatic nitrogens is 3. The Morgan fingerprint density at radius 1 is 1.25 bits per heavy atom. The van der Waals surface area contributed by atoms with Gasteiger partial charge >= 0.3 is 0 Å². The van der Waals surface area contributed by atoms with Crippen molar-refractivity contribution in [2.45, 2.75) is 26.3 Å². The summed E-state index contributed by atoms with van der Waals surface area (Å²) in [5.74, 6) is 2.78. The van der Waals surface area contributed by atoms with Crippen molar-refractivity contribution >= 4 is 28.3 Å². The van der Waals surface area contributed by atoms with Gasteiger partial charge in [0.1, 0.15) is 23.7 Å². The first kappa shape index (κ1) is 16.8. The second-order valence-electron chi connectivity index (χ2n) is 7.27. The first-order valence-corrected chi connectivity index (χ1v) is 9.52. The van der Waals surface area contributed by atoms with E-state index in [4.69, 9.17) is 4.42 Å². The van der Waals surface area contributed by atoms with Crippen molar-refractivity contribution < 1.29 is 9.21 Å². The van der Waals surface area contributed by atoms with Crippen LogP contribution in [0.15, 0.2) is 47.3 Å². The molecule has 5 rings (SSSR count). The fourth-order valence-electron chi connectivity index (χ4n) is 3.51. The van der Waals surface area contributed by atoms with Crippen LogP contribution in [-0.2, 0) is 6.54 Å². The number of carbonyl (C=O) groups is 1. The largest absolute Gasteiger partial charge is 0.465 e. The standard InChI is InChI=1S/C21H21N5O2/c1-13-5-8-15(28-13)11-23-21(27)17-16-4-2-3-9-26(16)20-18(17)19(24-12-25-20)22-10-14-6-7-14/h2-5,8-9,12,14H,6-7,10-11H2,1H3,(H,23,27)(H,22,24,25). The van der Waals surface area contributed by atoms with E-state index in [2.05, 4.69) is 20.6 Å². The molecule has 1 saturated carbocycles. The van der Waals surface area contributed by atoms with E-state index in [1.807, 2.05) is 47.9 Å². The molecular formula is C21H21N5O2. The normalized spacial score (nSPS) is 13.9. The molecule has 1 aliphatic carbocycles. The molecule has 0 radical (unpaired) electrons. The Morgan fingerprint density at radius 3 is 2.93 bits per heavy atom. The molecule has 0 atom stereocenters. The molecule has 7 heteroatoms. The summed E-state index contributed by atoms with van der Waals surface area (Å²) in [7, 11) is 0. The number of hydrogen-bond acceptors (Lipinski definition) is 5.